The predicted molar refractivity (Wildman–Crippen MR) is 83.4 cm³/mol. The number of rotatable bonds is 4. The normalized spacial score (nSPS) is 10.3. The highest BCUT2D eigenvalue weighted by molar-refractivity contribution is 5.68. The Bertz CT molecular complexity index is 622. The van der Waals surface area contributed by atoms with E-state index in [1.54, 1.807) is 18.2 Å². The Morgan fingerprint density at radius 1 is 1.15 bits per heavy atom. The van der Waals surface area contributed by atoms with Gasteiger partial charge in [0.2, 0.25) is 0 Å². The fourth-order valence-electron chi connectivity index (χ4n) is 2.00. The molecule has 0 radical (unpaired) electrons. The third kappa shape index (κ3) is 3.30. The topological polar surface area (TPSA) is 61.8 Å². The Balaban J connectivity index is 2.07. The highest BCUT2D eigenvalue weighted by Crippen LogP contribution is 2.21. The van der Waals surface area contributed by atoms with Gasteiger partial charge in [-0.2, -0.15) is 5.26 Å². The second kappa shape index (κ2) is 6.12. The van der Waals surface area contributed by atoms with Gasteiger partial charge in [0, 0.05) is 6.54 Å². The summed E-state index contributed by atoms with van der Waals surface area (Å²) in [6.45, 7) is 5.06. The van der Waals surface area contributed by atoms with Crippen molar-refractivity contribution in [1.82, 2.24) is 0 Å². The molecule has 0 aromatic heterocycles. The summed E-state index contributed by atoms with van der Waals surface area (Å²) in [5.74, 6) is 0.542. The maximum Gasteiger partial charge on any atom is 0.0992 e. The molecule has 0 bridgehead atoms. The minimum absolute atomic E-state index is 0.542. The number of nitrogens with one attached hydrogen (secondary N) is 1. The summed E-state index contributed by atoms with van der Waals surface area (Å²) < 4.78 is 0. The Hall–Kier alpha value is -2.47. The number of nitrogens with zero attached hydrogens (tertiary/aromatic N) is 1. The van der Waals surface area contributed by atoms with E-state index in [4.69, 9.17) is 11.0 Å². The van der Waals surface area contributed by atoms with E-state index in [-0.39, 0.29) is 0 Å². The fourth-order valence-corrected chi connectivity index (χ4v) is 2.00. The van der Waals surface area contributed by atoms with E-state index in [1.807, 2.05) is 0 Å². The number of nitrogen functional groups attached to an aromatic ring is 1. The quantitative estimate of drug-likeness (QED) is 0.825. The molecule has 2 rings (SSSR count). The molecule has 0 unspecified atom stereocenters. The molecular weight excluding hydrogens is 246 g/mol. The number of anilines is 2. The first-order valence-electron chi connectivity index (χ1n) is 6.72. The van der Waals surface area contributed by atoms with E-state index < -0.39 is 0 Å². The van der Waals surface area contributed by atoms with E-state index in [0.29, 0.717) is 23.7 Å². The second-order valence-corrected chi connectivity index (χ2v) is 5.16. The standard InChI is InChI=1S/C17H19N3/c1-12(2)15-6-3-13(4-7-15)11-20-17-9-14(10-18)5-8-16(17)19/h3-9,12,20H,11,19H2,1-2H3. The Morgan fingerprint density at radius 2 is 1.85 bits per heavy atom. The van der Waals surface area contributed by atoms with Gasteiger partial charge in [0.15, 0.2) is 0 Å². The summed E-state index contributed by atoms with van der Waals surface area (Å²) in [6, 6.07) is 15.9. The molecule has 3 nitrogen and oxygen atoms in total. The van der Waals surface area contributed by atoms with E-state index in [1.165, 1.54) is 11.1 Å². The predicted octanol–water partition coefficient (Wildman–Crippen LogP) is 3.88. The van der Waals surface area contributed by atoms with Gasteiger partial charge in [-0.1, -0.05) is 38.1 Å². The van der Waals surface area contributed by atoms with Gasteiger partial charge in [-0.3, -0.25) is 0 Å². The largest absolute Gasteiger partial charge is 0.397 e. The van der Waals surface area contributed by atoms with Gasteiger partial charge in [0.05, 0.1) is 23.0 Å². The summed E-state index contributed by atoms with van der Waals surface area (Å²) in [4.78, 5) is 0. The van der Waals surface area contributed by atoms with E-state index in [9.17, 15) is 0 Å². The first kappa shape index (κ1) is 14.0. The van der Waals surface area contributed by atoms with E-state index >= 15 is 0 Å². The van der Waals surface area contributed by atoms with Crippen molar-refractivity contribution in [3.63, 3.8) is 0 Å². The number of hydrogen-bond donors (Lipinski definition) is 2. The molecule has 20 heavy (non-hydrogen) atoms. The molecule has 0 aliphatic carbocycles. The Labute approximate surface area is 120 Å². The highest BCUT2D eigenvalue weighted by Gasteiger charge is 2.02. The van der Waals surface area contributed by atoms with Crippen molar-refractivity contribution in [1.29, 1.82) is 5.26 Å². The lowest BCUT2D eigenvalue weighted by Gasteiger charge is -2.11. The van der Waals surface area contributed by atoms with Gasteiger partial charge in [0.1, 0.15) is 0 Å². The molecule has 2 aromatic rings. The molecule has 102 valence electrons. The van der Waals surface area contributed by atoms with Crippen molar-refractivity contribution in [3.8, 4) is 6.07 Å². The van der Waals surface area contributed by atoms with Gasteiger partial charge < -0.3 is 11.1 Å². The van der Waals surface area contributed by atoms with Crippen LogP contribution in [0.5, 0.6) is 0 Å². The van der Waals surface area contributed by atoms with Crippen LogP contribution < -0.4 is 11.1 Å². The molecule has 2 aromatic carbocycles. The molecular formula is C17H19N3. The van der Waals surface area contributed by atoms with Gasteiger partial charge in [-0.25, -0.2) is 0 Å². The summed E-state index contributed by atoms with van der Waals surface area (Å²) >= 11 is 0. The van der Waals surface area contributed by atoms with Gasteiger partial charge in [0.25, 0.3) is 0 Å². The maximum atomic E-state index is 8.90. The highest BCUT2D eigenvalue weighted by atomic mass is 14.9. The molecule has 0 heterocycles. The zero-order valence-electron chi connectivity index (χ0n) is 11.9. The summed E-state index contributed by atoms with van der Waals surface area (Å²) in [5, 5.41) is 12.2. The molecule has 0 saturated heterocycles. The first-order valence-corrected chi connectivity index (χ1v) is 6.72. The van der Waals surface area contributed by atoms with Crippen LogP contribution in [0.15, 0.2) is 42.5 Å². The molecule has 0 aliphatic heterocycles. The lowest BCUT2D eigenvalue weighted by Crippen LogP contribution is -2.03. The van der Waals surface area contributed by atoms with Crippen molar-refractivity contribution in [2.75, 3.05) is 11.1 Å². The SMILES string of the molecule is CC(C)c1ccc(CNc2cc(C#N)ccc2N)cc1. The lowest BCUT2D eigenvalue weighted by atomic mass is 10.0. The minimum atomic E-state index is 0.542. The Kier molecular flexibility index (Phi) is 4.27. The summed E-state index contributed by atoms with van der Waals surface area (Å²) in [6.07, 6.45) is 0. The zero-order chi connectivity index (χ0) is 14.5. The molecule has 0 atom stereocenters. The number of nitrogens with two attached hydrogens (primary N) is 1. The van der Waals surface area contributed by atoms with Crippen LogP contribution >= 0.6 is 0 Å². The molecule has 3 heteroatoms. The van der Waals surface area contributed by atoms with Crippen LogP contribution in [0.25, 0.3) is 0 Å². The lowest BCUT2D eigenvalue weighted by molar-refractivity contribution is 0.865. The third-order valence-corrected chi connectivity index (χ3v) is 3.31. The van der Waals surface area contributed by atoms with Crippen molar-refractivity contribution in [3.05, 3.63) is 59.2 Å². The van der Waals surface area contributed by atoms with Crippen LogP contribution in [-0.4, -0.2) is 0 Å². The Morgan fingerprint density at radius 3 is 2.45 bits per heavy atom. The average Bonchev–Trinajstić information content (AvgIpc) is 2.47. The van der Waals surface area contributed by atoms with Crippen molar-refractivity contribution in [2.45, 2.75) is 26.3 Å². The number of benzene rings is 2. The maximum absolute atomic E-state index is 8.90. The molecule has 3 N–H and O–H groups in total. The molecule has 0 spiro atoms. The van der Waals surface area contributed by atoms with Crippen molar-refractivity contribution < 1.29 is 0 Å². The van der Waals surface area contributed by atoms with Crippen molar-refractivity contribution >= 4 is 11.4 Å². The summed E-state index contributed by atoms with van der Waals surface area (Å²) in [5.41, 5.74) is 10.5. The minimum Gasteiger partial charge on any atom is -0.397 e. The van der Waals surface area contributed by atoms with Crippen LogP contribution in [0.3, 0.4) is 0 Å². The first-order chi connectivity index (χ1) is 9.60. The molecule has 0 saturated carbocycles. The number of hydrogen-bond acceptors (Lipinski definition) is 3. The fraction of sp³-hybridized carbons (Fsp3) is 0.235. The van der Waals surface area contributed by atoms with E-state index in [2.05, 4.69) is 49.5 Å². The second-order valence-electron chi connectivity index (χ2n) is 5.16. The number of nitriles is 1. The van der Waals surface area contributed by atoms with E-state index in [0.717, 1.165) is 5.69 Å². The van der Waals surface area contributed by atoms with Crippen LogP contribution in [-0.2, 0) is 6.54 Å². The van der Waals surface area contributed by atoms with Gasteiger partial charge in [-0.05, 0) is 35.2 Å². The van der Waals surface area contributed by atoms with Crippen LogP contribution in [0, 0.1) is 11.3 Å². The van der Waals surface area contributed by atoms with Crippen molar-refractivity contribution in [2.24, 2.45) is 0 Å². The average molecular weight is 265 g/mol. The zero-order valence-corrected chi connectivity index (χ0v) is 11.9. The third-order valence-electron chi connectivity index (χ3n) is 3.31. The van der Waals surface area contributed by atoms with Gasteiger partial charge >= 0.3 is 0 Å². The van der Waals surface area contributed by atoms with Crippen LogP contribution in [0.2, 0.25) is 0 Å². The summed E-state index contributed by atoms with van der Waals surface area (Å²) in [7, 11) is 0. The van der Waals surface area contributed by atoms with Crippen LogP contribution in [0.4, 0.5) is 11.4 Å². The van der Waals surface area contributed by atoms with Gasteiger partial charge in [-0.15, -0.1) is 0 Å². The molecule has 0 fully saturated rings. The molecule has 0 amide bonds. The van der Waals surface area contributed by atoms with Crippen LogP contribution in [0.1, 0.15) is 36.5 Å². The monoisotopic (exact) mass is 265 g/mol. The smallest absolute Gasteiger partial charge is 0.0992 e. The molecule has 0 aliphatic rings.